The molecule has 0 spiro atoms. The van der Waals surface area contributed by atoms with Crippen LogP contribution in [0.3, 0.4) is 0 Å². The standard InChI is InChI=1S/C32H42F4O/c1-22-6-8-23(9-7-22)4-2-3-5-24-10-12-25(13-11-24)14-15-26-16-18-27(19-17-26)28-20-29(33)31(30(34)21-28)37-32(35)36/h16-25,32H,2-15H2,1H3. The van der Waals surface area contributed by atoms with Crippen LogP contribution in [-0.4, -0.2) is 6.61 Å². The Morgan fingerprint density at radius 1 is 0.703 bits per heavy atom. The molecular weight excluding hydrogens is 476 g/mol. The van der Waals surface area contributed by atoms with Gasteiger partial charge in [0.05, 0.1) is 0 Å². The van der Waals surface area contributed by atoms with E-state index in [1.807, 2.05) is 24.3 Å². The number of halogens is 4. The lowest BCUT2D eigenvalue weighted by atomic mass is 9.77. The minimum atomic E-state index is -3.27. The molecule has 0 saturated heterocycles. The van der Waals surface area contributed by atoms with Crippen LogP contribution in [0, 0.1) is 35.3 Å². The zero-order valence-corrected chi connectivity index (χ0v) is 22.2. The van der Waals surface area contributed by atoms with Gasteiger partial charge < -0.3 is 4.74 Å². The molecule has 37 heavy (non-hydrogen) atoms. The predicted octanol–water partition coefficient (Wildman–Crippen LogP) is 10.4. The maximum Gasteiger partial charge on any atom is 0.387 e. The fourth-order valence-corrected chi connectivity index (χ4v) is 6.46. The number of unbranched alkanes of at least 4 members (excludes halogenated alkanes) is 1. The summed E-state index contributed by atoms with van der Waals surface area (Å²) in [5, 5.41) is 0. The molecule has 2 fully saturated rings. The Labute approximate surface area is 220 Å². The summed E-state index contributed by atoms with van der Waals surface area (Å²) in [7, 11) is 0. The average molecular weight is 519 g/mol. The molecule has 2 aromatic carbocycles. The van der Waals surface area contributed by atoms with Gasteiger partial charge in [-0.05, 0) is 65.3 Å². The minimum Gasteiger partial charge on any atom is -0.429 e. The van der Waals surface area contributed by atoms with Gasteiger partial charge in [-0.2, -0.15) is 8.78 Å². The highest BCUT2D eigenvalue weighted by Gasteiger charge is 2.22. The summed E-state index contributed by atoms with van der Waals surface area (Å²) in [4.78, 5) is 0. The first-order valence-electron chi connectivity index (χ1n) is 14.4. The third-order valence-electron chi connectivity index (χ3n) is 8.91. The Morgan fingerprint density at radius 2 is 1.19 bits per heavy atom. The van der Waals surface area contributed by atoms with Gasteiger partial charge in [0.15, 0.2) is 17.4 Å². The maximum atomic E-state index is 14.1. The van der Waals surface area contributed by atoms with E-state index in [-0.39, 0.29) is 0 Å². The average Bonchev–Trinajstić information content (AvgIpc) is 2.89. The quantitative estimate of drug-likeness (QED) is 0.212. The second-order valence-corrected chi connectivity index (χ2v) is 11.7. The molecule has 0 aliphatic heterocycles. The number of ether oxygens (including phenoxy) is 1. The van der Waals surface area contributed by atoms with Gasteiger partial charge in [-0.1, -0.05) is 108 Å². The number of hydrogen-bond acceptors (Lipinski definition) is 1. The molecule has 0 amide bonds. The first-order valence-corrected chi connectivity index (χ1v) is 14.4. The zero-order chi connectivity index (χ0) is 26.2. The monoisotopic (exact) mass is 518 g/mol. The van der Waals surface area contributed by atoms with Crippen LogP contribution in [0.25, 0.3) is 11.1 Å². The highest BCUT2D eigenvalue weighted by atomic mass is 19.3. The lowest BCUT2D eigenvalue weighted by molar-refractivity contribution is -0.0546. The van der Waals surface area contributed by atoms with Crippen molar-refractivity contribution < 1.29 is 22.3 Å². The van der Waals surface area contributed by atoms with E-state index in [4.69, 9.17) is 0 Å². The van der Waals surface area contributed by atoms with Crippen molar-refractivity contribution in [2.24, 2.45) is 23.7 Å². The zero-order valence-electron chi connectivity index (χ0n) is 22.2. The predicted molar refractivity (Wildman–Crippen MR) is 142 cm³/mol. The van der Waals surface area contributed by atoms with E-state index in [1.165, 1.54) is 89.0 Å². The summed E-state index contributed by atoms with van der Waals surface area (Å²) < 4.78 is 56.8. The molecule has 0 bridgehead atoms. The van der Waals surface area contributed by atoms with Gasteiger partial charge >= 0.3 is 6.61 Å². The molecule has 5 heteroatoms. The maximum absolute atomic E-state index is 14.1. The first kappa shape index (κ1) is 28.0. The summed E-state index contributed by atoms with van der Waals surface area (Å²) >= 11 is 0. The molecule has 0 aromatic heterocycles. The number of aryl methyl sites for hydroxylation is 1. The number of hydrogen-bond donors (Lipinski definition) is 0. The molecule has 2 aromatic rings. The molecular formula is C32H42F4O. The van der Waals surface area contributed by atoms with Crippen LogP contribution in [0.15, 0.2) is 36.4 Å². The molecule has 0 heterocycles. The summed E-state index contributed by atoms with van der Waals surface area (Å²) in [6.07, 6.45) is 19.0. The summed E-state index contributed by atoms with van der Waals surface area (Å²) in [5.74, 6) is 0.342. The molecule has 2 aliphatic rings. The van der Waals surface area contributed by atoms with E-state index in [1.54, 1.807) is 0 Å². The second kappa shape index (κ2) is 13.7. The third kappa shape index (κ3) is 8.48. The smallest absolute Gasteiger partial charge is 0.387 e. The normalized spacial score (nSPS) is 24.4. The van der Waals surface area contributed by atoms with Gasteiger partial charge in [0.1, 0.15) is 0 Å². The molecule has 0 unspecified atom stereocenters. The van der Waals surface area contributed by atoms with Gasteiger partial charge in [-0.25, -0.2) is 8.78 Å². The van der Waals surface area contributed by atoms with E-state index < -0.39 is 24.0 Å². The van der Waals surface area contributed by atoms with Crippen molar-refractivity contribution in [1.29, 1.82) is 0 Å². The molecule has 0 atom stereocenters. The molecule has 4 rings (SSSR count). The molecule has 0 N–H and O–H groups in total. The van der Waals surface area contributed by atoms with E-state index in [0.29, 0.717) is 11.1 Å². The van der Waals surface area contributed by atoms with Gasteiger partial charge in [-0.3, -0.25) is 0 Å². The molecule has 204 valence electrons. The van der Waals surface area contributed by atoms with E-state index in [0.717, 1.165) is 42.2 Å². The Balaban J connectivity index is 1.15. The van der Waals surface area contributed by atoms with Crippen LogP contribution in [0.1, 0.15) is 96.0 Å². The largest absolute Gasteiger partial charge is 0.429 e. The Hall–Kier alpha value is -2.04. The molecule has 0 radical (unpaired) electrons. The van der Waals surface area contributed by atoms with Gasteiger partial charge in [0.25, 0.3) is 0 Å². The molecule has 2 aliphatic carbocycles. The van der Waals surface area contributed by atoms with Crippen molar-refractivity contribution in [3.8, 4) is 16.9 Å². The van der Waals surface area contributed by atoms with Gasteiger partial charge in [0, 0.05) is 0 Å². The fourth-order valence-electron chi connectivity index (χ4n) is 6.46. The van der Waals surface area contributed by atoms with Crippen molar-refractivity contribution in [2.45, 2.75) is 103 Å². The highest BCUT2D eigenvalue weighted by molar-refractivity contribution is 5.65. The van der Waals surface area contributed by atoms with E-state index >= 15 is 0 Å². The topological polar surface area (TPSA) is 9.23 Å². The van der Waals surface area contributed by atoms with Crippen molar-refractivity contribution in [3.05, 3.63) is 53.6 Å². The van der Waals surface area contributed by atoms with E-state index in [2.05, 4.69) is 11.7 Å². The van der Waals surface area contributed by atoms with Crippen LogP contribution in [0.5, 0.6) is 5.75 Å². The van der Waals surface area contributed by atoms with Gasteiger partial charge in [0.2, 0.25) is 0 Å². The third-order valence-corrected chi connectivity index (χ3v) is 8.91. The van der Waals surface area contributed by atoms with Crippen molar-refractivity contribution in [1.82, 2.24) is 0 Å². The van der Waals surface area contributed by atoms with Crippen molar-refractivity contribution in [2.75, 3.05) is 0 Å². The summed E-state index contributed by atoms with van der Waals surface area (Å²) in [6, 6.07) is 9.72. The van der Waals surface area contributed by atoms with Crippen LogP contribution in [-0.2, 0) is 6.42 Å². The minimum absolute atomic E-state index is 0.301. The number of benzene rings is 2. The molecule has 2 saturated carbocycles. The van der Waals surface area contributed by atoms with E-state index in [9.17, 15) is 17.6 Å². The molecule has 1 nitrogen and oxygen atoms in total. The number of alkyl halides is 2. The van der Waals surface area contributed by atoms with Gasteiger partial charge in [-0.15, -0.1) is 0 Å². The van der Waals surface area contributed by atoms with Crippen LogP contribution in [0.4, 0.5) is 17.6 Å². The van der Waals surface area contributed by atoms with Crippen molar-refractivity contribution >= 4 is 0 Å². The summed E-state index contributed by atoms with van der Waals surface area (Å²) in [6.45, 7) is -0.875. The van der Waals surface area contributed by atoms with Crippen LogP contribution in [0.2, 0.25) is 0 Å². The Morgan fingerprint density at radius 3 is 1.70 bits per heavy atom. The second-order valence-electron chi connectivity index (χ2n) is 11.7. The van der Waals surface area contributed by atoms with Crippen molar-refractivity contribution in [3.63, 3.8) is 0 Å². The SMILES string of the molecule is CC1CCC(CCCCC2CCC(CCc3ccc(-c4cc(F)c(OC(F)F)c(F)c4)cc3)CC2)CC1. The lowest BCUT2D eigenvalue weighted by Gasteiger charge is -2.29. The van der Waals surface area contributed by atoms with Crippen LogP contribution >= 0.6 is 0 Å². The number of rotatable bonds is 11. The van der Waals surface area contributed by atoms with Crippen LogP contribution < -0.4 is 4.74 Å². The Kier molecular flexibility index (Phi) is 10.3. The summed E-state index contributed by atoms with van der Waals surface area (Å²) in [5.41, 5.74) is 2.15. The highest BCUT2D eigenvalue weighted by Crippen LogP contribution is 2.36. The Bertz CT molecular complexity index is 934. The first-order chi connectivity index (χ1) is 17.9. The lowest BCUT2D eigenvalue weighted by Crippen LogP contribution is -2.15. The fraction of sp³-hybridized carbons (Fsp3) is 0.625.